The van der Waals surface area contributed by atoms with Gasteiger partial charge >= 0.3 is 0 Å². The van der Waals surface area contributed by atoms with Gasteiger partial charge in [0, 0.05) is 11.9 Å². The zero-order valence-corrected chi connectivity index (χ0v) is 20.3. The van der Waals surface area contributed by atoms with E-state index in [0.717, 1.165) is 31.5 Å². The summed E-state index contributed by atoms with van der Waals surface area (Å²) in [5.41, 5.74) is 4.12. The minimum absolute atomic E-state index is 0.166. The first-order valence-electron chi connectivity index (χ1n) is 10.2. The molecule has 0 saturated carbocycles. The van der Waals surface area contributed by atoms with E-state index in [9.17, 15) is 13.2 Å². The summed E-state index contributed by atoms with van der Waals surface area (Å²) < 4.78 is 26.9. The number of rotatable bonds is 8. The van der Waals surface area contributed by atoms with E-state index in [1.54, 1.807) is 24.3 Å². The van der Waals surface area contributed by atoms with Crippen molar-refractivity contribution in [1.29, 1.82) is 0 Å². The second-order valence-corrected chi connectivity index (χ2v) is 10.6. The summed E-state index contributed by atoms with van der Waals surface area (Å²) in [6.07, 6.45) is 1.93. The average molecular weight is 469 g/mol. The van der Waals surface area contributed by atoms with E-state index in [4.69, 9.17) is 0 Å². The van der Waals surface area contributed by atoms with Crippen LogP contribution in [0.2, 0.25) is 0 Å². The minimum atomic E-state index is -3.77. The summed E-state index contributed by atoms with van der Waals surface area (Å²) in [5, 5.41) is 3.03. The summed E-state index contributed by atoms with van der Waals surface area (Å²) in [4.78, 5) is 14.1. The number of aryl methyl sites for hydroxylation is 2. The third-order valence-electron chi connectivity index (χ3n) is 5.31. The third-order valence-corrected chi connectivity index (χ3v) is 7.87. The van der Waals surface area contributed by atoms with Gasteiger partial charge in [-0.1, -0.05) is 54.1 Å². The molecule has 168 valence electrons. The van der Waals surface area contributed by atoms with Crippen molar-refractivity contribution >= 4 is 27.7 Å². The highest BCUT2D eigenvalue weighted by molar-refractivity contribution is 7.98. The van der Waals surface area contributed by atoms with Gasteiger partial charge in [-0.15, -0.1) is 11.8 Å². The molecule has 1 atom stereocenters. The van der Waals surface area contributed by atoms with E-state index in [-0.39, 0.29) is 23.4 Å². The largest absolute Gasteiger partial charge is 0.344 e. The fraction of sp³-hybridized carbons (Fsp3) is 0.240. The molecule has 0 radical (unpaired) electrons. The Morgan fingerprint density at radius 1 is 1.00 bits per heavy atom. The smallest absolute Gasteiger partial charge is 0.243 e. The van der Waals surface area contributed by atoms with Gasteiger partial charge in [0.2, 0.25) is 15.9 Å². The zero-order chi connectivity index (χ0) is 23.3. The number of benzene rings is 3. The fourth-order valence-electron chi connectivity index (χ4n) is 3.56. The van der Waals surface area contributed by atoms with Crippen LogP contribution in [0.15, 0.2) is 82.6 Å². The summed E-state index contributed by atoms with van der Waals surface area (Å²) in [6.45, 7) is 3.76. The Labute approximate surface area is 194 Å². The van der Waals surface area contributed by atoms with E-state index < -0.39 is 10.0 Å². The van der Waals surface area contributed by atoms with Crippen molar-refractivity contribution in [3.8, 4) is 0 Å². The van der Waals surface area contributed by atoms with Crippen LogP contribution in [-0.4, -0.2) is 38.5 Å². The Hall–Kier alpha value is -2.61. The number of nitrogens with zero attached hydrogens (tertiary/aromatic N) is 1. The first-order valence-corrected chi connectivity index (χ1v) is 12.9. The molecule has 1 N–H and O–H groups in total. The lowest BCUT2D eigenvalue weighted by atomic mass is 9.94. The van der Waals surface area contributed by atoms with Crippen molar-refractivity contribution in [3.63, 3.8) is 0 Å². The van der Waals surface area contributed by atoms with Crippen LogP contribution in [0.5, 0.6) is 0 Å². The number of sulfonamides is 1. The van der Waals surface area contributed by atoms with Crippen LogP contribution in [0.3, 0.4) is 0 Å². The van der Waals surface area contributed by atoms with Crippen LogP contribution >= 0.6 is 11.8 Å². The zero-order valence-electron chi connectivity index (χ0n) is 18.7. The van der Waals surface area contributed by atoms with E-state index in [1.165, 1.54) is 18.8 Å². The predicted octanol–water partition coefficient (Wildman–Crippen LogP) is 4.55. The minimum Gasteiger partial charge on any atom is -0.344 e. The van der Waals surface area contributed by atoms with Gasteiger partial charge < -0.3 is 5.32 Å². The van der Waals surface area contributed by atoms with Crippen LogP contribution in [0.1, 0.15) is 28.3 Å². The standard InChI is InChI=1S/C25H28N2O3S2/c1-18-10-15-23(19(2)16-18)25(20-8-6-5-7-9-20)26-24(28)17-27(3)32(29,30)22-13-11-21(31-4)12-14-22/h5-16,25H,17H2,1-4H3,(H,26,28)/t25-/m0/s1. The first-order chi connectivity index (χ1) is 15.2. The maximum atomic E-state index is 12.9. The molecule has 32 heavy (non-hydrogen) atoms. The molecule has 0 heterocycles. The van der Waals surface area contributed by atoms with Crippen LogP contribution in [0, 0.1) is 13.8 Å². The Morgan fingerprint density at radius 2 is 1.66 bits per heavy atom. The lowest BCUT2D eigenvalue weighted by molar-refractivity contribution is -0.121. The van der Waals surface area contributed by atoms with Crippen molar-refractivity contribution in [1.82, 2.24) is 9.62 Å². The molecule has 0 fully saturated rings. The second-order valence-electron chi connectivity index (χ2n) is 7.71. The lowest BCUT2D eigenvalue weighted by Gasteiger charge is -2.24. The molecule has 0 bridgehead atoms. The topological polar surface area (TPSA) is 66.5 Å². The molecule has 3 rings (SSSR count). The summed E-state index contributed by atoms with van der Waals surface area (Å²) in [7, 11) is -2.35. The number of likely N-dealkylation sites (N-methyl/N-ethyl adjacent to an activating group) is 1. The molecule has 7 heteroatoms. The number of hydrogen-bond donors (Lipinski definition) is 1. The van der Waals surface area contributed by atoms with Crippen molar-refractivity contribution in [2.75, 3.05) is 19.8 Å². The number of carbonyl (C=O) groups excluding carboxylic acids is 1. The molecule has 0 aliphatic rings. The maximum absolute atomic E-state index is 12.9. The van der Waals surface area contributed by atoms with Crippen LogP contribution < -0.4 is 5.32 Å². The fourth-order valence-corrected chi connectivity index (χ4v) is 5.09. The molecule has 0 spiro atoms. The molecule has 5 nitrogen and oxygen atoms in total. The van der Waals surface area contributed by atoms with Crippen molar-refractivity contribution < 1.29 is 13.2 Å². The number of amides is 1. The van der Waals surface area contributed by atoms with Gasteiger partial charge in [-0.05, 0) is 61.1 Å². The quantitative estimate of drug-likeness (QED) is 0.493. The van der Waals surface area contributed by atoms with Gasteiger partial charge in [0.05, 0.1) is 17.5 Å². The maximum Gasteiger partial charge on any atom is 0.243 e. The first kappa shape index (κ1) is 24.0. The highest BCUT2D eigenvalue weighted by Gasteiger charge is 2.25. The summed E-state index contributed by atoms with van der Waals surface area (Å²) >= 11 is 1.54. The Morgan fingerprint density at radius 3 is 2.25 bits per heavy atom. The highest BCUT2D eigenvalue weighted by Crippen LogP contribution is 2.26. The molecule has 0 aliphatic heterocycles. The van der Waals surface area contributed by atoms with Gasteiger partial charge in [0.1, 0.15) is 0 Å². The van der Waals surface area contributed by atoms with Crippen molar-refractivity contribution in [3.05, 3.63) is 95.1 Å². The molecule has 1 amide bonds. The van der Waals surface area contributed by atoms with Gasteiger partial charge in [0.25, 0.3) is 0 Å². The summed E-state index contributed by atoms with van der Waals surface area (Å²) in [6, 6.07) is 22.1. The lowest BCUT2D eigenvalue weighted by Crippen LogP contribution is -2.40. The van der Waals surface area contributed by atoms with Gasteiger partial charge in [-0.2, -0.15) is 4.31 Å². The van der Waals surface area contributed by atoms with E-state index >= 15 is 0 Å². The van der Waals surface area contributed by atoms with Gasteiger partial charge in [-0.25, -0.2) is 8.42 Å². The molecule has 0 saturated heterocycles. The Balaban J connectivity index is 1.81. The second kappa shape index (κ2) is 10.3. The molecule has 0 aromatic heterocycles. The molecule has 3 aromatic carbocycles. The van der Waals surface area contributed by atoms with E-state index in [2.05, 4.69) is 11.4 Å². The number of thioether (sulfide) groups is 1. The normalized spacial score (nSPS) is 12.5. The van der Waals surface area contributed by atoms with Gasteiger partial charge in [-0.3, -0.25) is 4.79 Å². The van der Waals surface area contributed by atoms with Crippen molar-refractivity contribution in [2.24, 2.45) is 0 Å². The van der Waals surface area contributed by atoms with Gasteiger partial charge in [0.15, 0.2) is 0 Å². The molecular formula is C25H28N2O3S2. The Bertz CT molecular complexity index is 1180. The number of hydrogen-bond acceptors (Lipinski definition) is 4. The molecular weight excluding hydrogens is 440 g/mol. The monoisotopic (exact) mass is 468 g/mol. The Kier molecular flexibility index (Phi) is 7.77. The summed E-state index contributed by atoms with van der Waals surface area (Å²) in [5.74, 6) is -0.370. The van der Waals surface area contributed by atoms with Crippen molar-refractivity contribution in [2.45, 2.75) is 29.7 Å². The third kappa shape index (κ3) is 5.59. The molecule has 0 aliphatic carbocycles. The molecule has 0 unspecified atom stereocenters. The predicted molar refractivity (Wildman–Crippen MR) is 130 cm³/mol. The number of nitrogens with one attached hydrogen (secondary N) is 1. The van der Waals surface area contributed by atoms with E-state index in [0.29, 0.717) is 0 Å². The SMILES string of the molecule is CSc1ccc(S(=O)(=O)N(C)CC(=O)N[C@@H](c2ccccc2)c2ccc(C)cc2C)cc1. The van der Waals surface area contributed by atoms with Crippen LogP contribution in [0.4, 0.5) is 0 Å². The van der Waals surface area contributed by atoms with Crippen LogP contribution in [0.25, 0.3) is 0 Å². The average Bonchev–Trinajstić information content (AvgIpc) is 2.78. The molecule has 3 aromatic rings. The highest BCUT2D eigenvalue weighted by atomic mass is 32.2. The van der Waals surface area contributed by atoms with E-state index in [1.807, 2.05) is 62.6 Å². The van der Waals surface area contributed by atoms with Crippen LogP contribution in [-0.2, 0) is 14.8 Å². The number of carbonyl (C=O) groups is 1.